The van der Waals surface area contributed by atoms with Crippen LogP contribution in [-0.2, 0) is 19.1 Å². The Kier molecular flexibility index (Phi) is 6.47. The summed E-state index contributed by atoms with van der Waals surface area (Å²) in [5.74, 6) is -1.67. The van der Waals surface area contributed by atoms with Gasteiger partial charge in [0.05, 0.1) is 23.1 Å². The zero-order valence-electron chi connectivity index (χ0n) is 21.3. The Balaban J connectivity index is 1.14. The van der Waals surface area contributed by atoms with Crippen LogP contribution in [0.3, 0.4) is 0 Å². The van der Waals surface area contributed by atoms with E-state index in [9.17, 15) is 19.2 Å². The Morgan fingerprint density at radius 3 is 2.49 bits per heavy atom. The van der Waals surface area contributed by atoms with E-state index in [1.807, 2.05) is 18.2 Å². The minimum Gasteiger partial charge on any atom is -0.452 e. The van der Waals surface area contributed by atoms with Crippen LogP contribution in [0.4, 0.5) is 11.4 Å². The average molecular weight is 543 g/mol. The highest BCUT2D eigenvalue weighted by Gasteiger charge is 2.64. The van der Waals surface area contributed by atoms with Crippen LogP contribution in [0, 0.1) is 30.6 Å². The molecule has 0 spiro atoms. The Morgan fingerprint density at radius 1 is 0.949 bits per heavy atom. The lowest BCUT2D eigenvalue weighted by Gasteiger charge is -2.28. The molecule has 1 saturated heterocycles. The van der Waals surface area contributed by atoms with Crippen molar-refractivity contribution >= 4 is 46.7 Å². The van der Waals surface area contributed by atoms with Crippen molar-refractivity contribution in [2.75, 3.05) is 16.8 Å². The Hall–Kier alpha value is -3.97. The van der Waals surface area contributed by atoms with E-state index < -0.39 is 18.5 Å². The third kappa shape index (κ3) is 4.40. The van der Waals surface area contributed by atoms with Crippen LogP contribution in [0.15, 0.2) is 72.8 Å². The highest BCUT2D eigenvalue weighted by molar-refractivity contribution is 6.31. The first kappa shape index (κ1) is 25.3. The van der Waals surface area contributed by atoms with Crippen LogP contribution < -0.4 is 10.2 Å². The van der Waals surface area contributed by atoms with Gasteiger partial charge in [0.2, 0.25) is 11.8 Å². The van der Waals surface area contributed by atoms with Crippen LogP contribution in [-0.4, -0.2) is 30.3 Å². The summed E-state index contributed by atoms with van der Waals surface area (Å²) < 4.78 is 5.21. The summed E-state index contributed by atoms with van der Waals surface area (Å²) in [5, 5.41) is 3.19. The first-order chi connectivity index (χ1) is 18.8. The number of nitrogens with zero attached hydrogens (tertiary/aromatic N) is 1. The number of amides is 3. The number of imide groups is 1. The zero-order chi connectivity index (χ0) is 27.3. The monoisotopic (exact) mass is 542 g/mol. The first-order valence-corrected chi connectivity index (χ1v) is 13.5. The van der Waals surface area contributed by atoms with Gasteiger partial charge in [0, 0.05) is 10.7 Å². The number of ether oxygens (including phenoxy) is 1. The van der Waals surface area contributed by atoms with Gasteiger partial charge in [0.25, 0.3) is 5.91 Å². The Morgan fingerprint density at radius 2 is 1.69 bits per heavy atom. The molecule has 2 bridgehead atoms. The standard InChI is InChI=1S/C31H27ClN2O5/c1-17-24(32)11-6-12-25(17)33-26(35)16-39-31(38)19-9-5-10-21(13-19)34-29(36)27-20-14-22(18-7-3-2-4-8-18)23(15-20)28(27)30(34)37/h2-13,20,22-23,27-28H,14-16H2,1H3,(H,33,35)/t20-,22-,23+,27+,28-/m0/s1. The molecule has 1 heterocycles. The van der Waals surface area contributed by atoms with Gasteiger partial charge in [0.1, 0.15) is 0 Å². The molecule has 198 valence electrons. The maximum Gasteiger partial charge on any atom is 0.338 e. The molecule has 0 unspecified atom stereocenters. The van der Waals surface area contributed by atoms with E-state index in [1.54, 1.807) is 37.3 Å². The highest BCUT2D eigenvalue weighted by Crippen LogP contribution is 2.61. The fourth-order valence-corrected chi connectivity index (χ4v) is 6.89. The van der Waals surface area contributed by atoms with Crippen molar-refractivity contribution in [3.8, 4) is 0 Å². The number of carbonyl (C=O) groups is 4. The molecule has 8 heteroatoms. The van der Waals surface area contributed by atoms with Crippen molar-refractivity contribution in [2.45, 2.75) is 25.7 Å². The molecule has 3 fully saturated rings. The topological polar surface area (TPSA) is 92.8 Å². The number of anilines is 2. The molecule has 0 aromatic heterocycles. The largest absolute Gasteiger partial charge is 0.452 e. The van der Waals surface area contributed by atoms with Crippen LogP contribution >= 0.6 is 11.6 Å². The van der Waals surface area contributed by atoms with Gasteiger partial charge in [-0.2, -0.15) is 0 Å². The summed E-state index contributed by atoms with van der Waals surface area (Å²) in [6.45, 7) is 1.28. The maximum atomic E-state index is 13.6. The number of fused-ring (bicyclic) bond motifs is 5. The minimum absolute atomic E-state index is 0.138. The predicted octanol–water partition coefficient (Wildman–Crippen LogP) is 5.37. The average Bonchev–Trinajstić information content (AvgIpc) is 3.61. The van der Waals surface area contributed by atoms with E-state index in [-0.39, 0.29) is 47.0 Å². The third-order valence-electron chi connectivity index (χ3n) is 8.46. The molecule has 39 heavy (non-hydrogen) atoms. The van der Waals surface area contributed by atoms with Crippen LogP contribution in [0.25, 0.3) is 0 Å². The quantitative estimate of drug-likeness (QED) is 0.334. The summed E-state index contributed by atoms with van der Waals surface area (Å²) in [6.07, 6.45) is 1.80. The number of nitrogens with one attached hydrogen (secondary N) is 1. The number of benzene rings is 3. The number of rotatable bonds is 6. The lowest BCUT2D eigenvalue weighted by atomic mass is 9.73. The van der Waals surface area contributed by atoms with E-state index in [2.05, 4.69) is 17.4 Å². The molecular weight excluding hydrogens is 516 g/mol. The number of hydrogen-bond donors (Lipinski definition) is 1. The van der Waals surface area contributed by atoms with Crippen molar-refractivity contribution in [1.29, 1.82) is 0 Å². The van der Waals surface area contributed by atoms with Crippen molar-refractivity contribution < 1.29 is 23.9 Å². The van der Waals surface area contributed by atoms with Gasteiger partial charge in [-0.1, -0.05) is 54.1 Å². The zero-order valence-corrected chi connectivity index (χ0v) is 22.1. The maximum absolute atomic E-state index is 13.6. The normalized spacial score (nSPS) is 25.1. The van der Waals surface area contributed by atoms with Crippen molar-refractivity contribution in [1.82, 2.24) is 0 Å². The number of esters is 1. The van der Waals surface area contributed by atoms with Gasteiger partial charge in [-0.05, 0) is 79.0 Å². The van der Waals surface area contributed by atoms with Gasteiger partial charge in [-0.15, -0.1) is 0 Å². The van der Waals surface area contributed by atoms with Crippen LogP contribution in [0.1, 0.15) is 40.2 Å². The molecule has 1 aliphatic heterocycles. The van der Waals surface area contributed by atoms with E-state index >= 15 is 0 Å². The van der Waals surface area contributed by atoms with Crippen LogP contribution in [0.5, 0.6) is 0 Å². The molecule has 0 radical (unpaired) electrons. The summed E-state index contributed by atoms with van der Waals surface area (Å²) in [4.78, 5) is 53.4. The Labute approximate surface area is 231 Å². The van der Waals surface area contributed by atoms with Gasteiger partial charge < -0.3 is 10.1 Å². The molecular formula is C31H27ClN2O5. The molecule has 3 aliphatic rings. The molecule has 5 atom stereocenters. The van der Waals surface area contributed by atoms with Gasteiger partial charge >= 0.3 is 5.97 Å². The van der Waals surface area contributed by atoms with Crippen LogP contribution in [0.2, 0.25) is 5.02 Å². The molecule has 2 aliphatic carbocycles. The summed E-state index contributed by atoms with van der Waals surface area (Å²) in [7, 11) is 0. The molecule has 6 rings (SSSR count). The first-order valence-electron chi connectivity index (χ1n) is 13.1. The van der Waals surface area contributed by atoms with Gasteiger partial charge in [-0.3, -0.25) is 19.3 Å². The van der Waals surface area contributed by atoms with Crippen molar-refractivity contribution in [3.63, 3.8) is 0 Å². The molecule has 3 amide bonds. The SMILES string of the molecule is Cc1c(Cl)cccc1NC(=O)COC(=O)c1cccc(N2C(=O)[C@@H]3[C@@H]4C[C@@H]([C@@H]3C2=O)[C@H](c2ccccc2)C4)c1. The van der Waals surface area contributed by atoms with E-state index in [1.165, 1.54) is 22.6 Å². The smallest absolute Gasteiger partial charge is 0.338 e. The molecule has 7 nitrogen and oxygen atoms in total. The third-order valence-corrected chi connectivity index (χ3v) is 8.87. The van der Waals surface area contributed by atoms with E-state index in [0.717, 1.165) is 12.8 Å². The molecule has 2 saturated carbocycles. The second-order valence-electron chi connectivity index (χ2n) is 10.6. The second kappa shape index (κ2) is 9.97. The number of carbonyl (C=O) groups excluding carboxylic acids is 4. The van der Waals surface area contributed by atoms with Crippen molar-refractivity contribution in [2.24, 2.45) is 23.7 Å². The van der Waals surface area contributed by atoms with E-state index in [0.29, 0.717) is 22.0 Å². The summed E-state index contributed by atoms with van der Waals surface area (Å²) in [5.41, 5.74) is 2.97. The van der Waals surface area contributed by atoms with Gasteiger partial charge in [-0.25, -0.2) is 4.79 Å². The predicted molar refractivity (Wildman–Crippen MR) is 146 cm³/mol. The minimum atomic E-state index is -0.724. The summed E-state index contributed by atoms with van der Waals surface area (Å²) in [6, 6.07) is 21.6. The lowest BCUT2D eigenvalue weighted by molar-refractivity contribution is -0.123. The molecule has 1 N–H and O–H groups in total. The van der Waals surface area contributed by atoms with Gasteiger partial charge in [0.15, 0.2) is 6.61 Å². The van der Waals surface area contributed by atoms with Crippen molar-refractivity contribution in [3.05, 3.63) is 94.5 Å². The molecule has 3 aromatic rings. The second-order valence-corrected chi connectivity index (χ2v) is 11.0. The van der Waals surface area contributed by atoms with E-state index in [4.69, 9.17) is 16.3 Å². The number of hydrogen-bond acceptors (Lipinski definition) is 5. The Bertz CT molecular complexity index is 1490. The fraction of sp³-hybridized carbons (Fsp3) is 0.290. The number of halogens is 1. The molecule has 3 aromatic carbocycles. The highest BCUT2D eigenvalue weighted by atomic mass is 35.5. The fourth-order valence-electron chi connectivity index (χ4n) is 6.71. The summed E-state index contributed by atoms with van der Waals surface area (Å²) >= 11 is 6.09. The lowest BCUT2D eigenvalue weighted by Crippen LogP contribution is -2.33.